The summed E-state index contributed by atoms with van der Waals surface area (Å²) in [4.78, 5) is 4.36. The normalized spacial score (nSPS) is 15.8. The molecule has 126 valence electrons. The standard InChI is InChI=1S/C21H16N4S/c1-2-4-15(5-3-1)16-6-8-17(9-7-16)19-12-20(18-10-11-26-13-18)25-21(24-19)22-14-23-25/h1-14,20H,(H,22,23,24)/t20-/m0/s1. The highest BCUT2D eigenvalue weighted by atomic mass is 32.1. The van der Waals surface area contributed by atoms with Crippen LogP contribution in [0.4, 0.5) is 5.95 Å². The minimum atomic E-state index is 0.0591. The molecule has 1 atom stereocenters. The Kier molecular flexibility index (Phi) is 3.65. The number of benzene rings is 2. The molecule has 0 unspecified atom stereocenters. The van der Waals surface area contributed by atoms with Gasteiger partial charge in [-0.1, -0.05) is 54.6 Å². The van der Waals surface area contributed by atoms with Crippen molar-refractivity contribution in [3.63, 3.8) is 0 Å². The van der Waals surface area contributed by atoms with Gasteiger partial charge in [0.15, 0.2) is 0 Å². The Hall–Kier alpha value is -3.18. The Labute approximate surface area is 155 Å². The zero-order valence-corrected chi connectivity index (χ0v) is 14.7. The van der Waals surface area contributed by atoms with Gasteiger partial charge in [0.1, 0.15) is 12.4 Å². The van der Waals surface area contributed by atoms with Crippen molar-refractivity contribution in [2.45, 2.75) is 6.04 Å². The van der Waals surface area contributed by atoms with E-state index in [1.165, 1.54) is 16.7 Å². The van der Waals surface area contributed by atoms with E-state index in [2.05, 4.69) is 86.8 Å². The number of allylic oxidation sites excluding steroid dienone is 1. The number of rotatable bonds is 3. The van der Waals surface area contributed by atoms with Gasteiger partial charge < -0.3 is 5.32 Å². The van der Waals surface area contributed by atoms with Crippen molar-refractivity contribution in [1.29, 1.82) is 0 Å². The lowest BCUT2D eigenvalue weighted by atomic mass is 10.0. The predicted molar refractivity (Wildman–Crippen MR) is 106 cm³/mol. The zero-order chi connectivity index (χ0) is 17.3. The van der Waals surface area contributed by atoms with Gasteiger partial charge in [0, 0.05) is 5.70 Å². The fraction of sp³-hybridized carbons (Fsp3) is 0.0476. The van der Waals surface area contributed by atoms with Crippen LogP contribution in [-0.4, -0.2) is 14.8 Å². The van der Waals surface area contributed by atoms with E-state index in [1.807, 2.05) is 10.7 Å². The average molecular weight is 356 g/mol. The fourth-order valence-electron chi connectivity index (χ4n) is 3.26. The van der Waals surface area contributed by atoms with Gasteiger partial charge in [-0.05, 0) is 45.2 Å². The molecular weight excluding hydrogens is 340 g/mol. The van der Waals surface area contributed by atoms with E-state index in [0.29, 0.717) is 0 Å². The maximum atomic E-state index is 4.38. The van der Waals surface area contributed by atoms with Crippen molar-refractivity contribution in [2.24, 2.45) is 0 Å². The van der Waals surface area contributed by atoms with Crippen LogP contribution in [0.1, 0.15) is 17.2 Å². The van der Waals surface area contributed by atoms with Gasteiger partial charge in [-0.3, -0.25) is 0 Å². The van der Waals surface area contributed by atoms with Crippen LogP contribution in [0.25, 0.3) is 16.8 Å². The van der Waals surface area contributed by atoms with Crippen LogP contribution in [-0.2, 0) is 0 Å². The maximum absolute atomic E-state index is 4.38. The summed E-state index contributed by atoms with van der Waals surface area (Å²) in [5, 5.41) is 12.0. The molecule has 2 aromatic heterocycles. The molecule has 0 amide bonds. The van der Waals surface area contributed by atoms with E-state index in [1.54, 1.807) is 17.7 Å². The van der Waals surface area contributed by atoms with Gasteiger partial charge in [0.25, 0.3) is 0 Å². The fourth-order valence-corrected chi connectivity index (χ4v) is 3.95. The van der Waals surface area contributed by atoms with E-state index in [0.717, 1.165) is 17.2 Å². The molecular formula is C21H16N4S. The highest BCUT2D eigenvalue weighted by Gasteiger charge is 2.23. The largest absolute Gasteiger partial charge is 0.324 e. The van der Waals surface area contributed by atoms with E-state index < -0.39 is 0 Å². The van der Waals surface area contributed by atoms with Crippen LogP contribution in [0.3, 0.4) is 0 Å². The topological polar surface area (TPSA) is 42.7 Å². The molecule has 0 spiro atoms. The van der Waals surface area contributed by atoms with Crippen molar-refractivity contribution in [2.75, 3.05) is 5.32 Å². The molecule has 0 fully saturated rings. The molecule has 26 heavy (non-hydrogen) atoms. The Morgan fingerprint density at radius 2 is 1.65 bits per heavy atom. The smallest absolute Gasteiger partial charge is 0.226 e. The number of aromatic nitrogens is 3. The summed E-state index contributed by atoms with van der Waals surface area (Å²) in [6.45, 7) is 0. The second-order valence-corrected chi connectivity index (χ2v) is 6.96. The third-order valence-electron chi connectivity index (χ3n) is 4.60. The average Bonchev–Trinajstić information content (AvgIpc) is 3.40. The second-order valence-electron chi connectivity index (χ2n) is 6.18. The van der Waals surface area contributed by atoms with Crippen molar-refractivity contribution in [3.05, 3.63) is 95.0 Å². The molecule has 0 aliphatic carbocycles. The Bertz CT molecular complexity index is 1050. The van der Waals surface area contributed by atoms with Crippen LogP contribution >= 0.6 is 11.3 Å². The first-order valence-corrected chi connectivity index (χ1v) is 9.39. The van der Waals surface area contributed by atoms with Crippen molar-refractivity contribution >= 4 is 23.0 Å². The molecule has 0 radical (unpaired) electrons. The van der Waals surface area contributed by atoms with Gasteiger partial charge in [-0.2, -0.15) is 21.4 Å². The lowest BCUT2D eigenvalue weighted by Gasteiger charge is -2.23. The Balaban J connectivity index is 1.52. The van der Waals surface area contributed by atoms with Crippen LogP contribution in [0, 0.1) is 0 Å². The molecule has 0 saturated heterocycles. The molecule has 4 nitrogen and oxygen atoms in total. The van der Waals surface area contributed by atoms with Crippen LogP contribution in [0.2, 0.25) is 0 Å². The summed E-state index contributed by atoms with van der Waals surface area (Å²) >= 11 is 1.70. The van der Waals surface area contributed by atoms with Crippen molar-refractivity contribution in [3.8, 4) is 11.1 Å². The molecule has 1 aliphatic heterocycles. The van der Waals surface area contributed by atoms with Crippen LogP contribution in [0.5, 0.6) is 0 Å². The van der Waals surface area contributed by atoms with Crippen molar-refractivity contribution in [1.82, 2.24) is 14.8 Å². The van der Waals surface area contributed by atoms with Gasteiger partial charge in [-0.25, -0.2) is 4.68 Å². The quantitative estimate of drug-likeness (QED) is 0.558. The minimum absolute atomic E-state index is 0.0591. The number of fused-ring (bicyclic) bond motifs is 1. The van der Waals surface area contributed by atoms with E-state index in [4.69, 9.17) is 0 Å². The molecule has 5 heteroatoms. The summed E-state index contributed by atoms with van der Waals surface area (Å²) in [6, 6.07) is 21.2. The number of thiophene rings is 1. The summed E-state index contributed by atoms with van der Waals surface area (Å²) in [5.74, 6) is 0.769. The minimum Gasteiger partial charge on any atom is -0.324 e. The third-order valence-corrected chi connectivity index (χ3v) is 5.30. The van der Waals surface area contributed by atoms with Crippen LogP contribution < -0.4 is 5.32 Å². The van der Waals surface area contributed by atoms with Gasteiger partial charge in [0.2, 0.25) is 5.95 Å². The molecule has 1 N–H and O–H groups in total. The zero-order valence-electron chi connectivity index (χ0n) is 13.9. The molecule has 5 rings (SSSR count). The Morgan fingerprint density at radius 1 is 0.885 bits per heavy atom. The lowest BCUT2D eigenvalue weighted by molar-refractivity contribution is 0.613. The molecule has 0 bridgehead atoms. The number of anilines is 1. The summed E-state index contributed by atoms with van der Waals surface area (Å²) in [6.07, 6.45) is 3.80. The number of nitrogens with zero attached hydrogens (tertiary/aromatic N) is 3. The van der Waals surface area contributed by atoms with E-state index in [9.17, 15) is 0 Å². The molecule has 4 aromatic rings. The number of nitrogens with one attached hydrogen (secondary N) is 1. The highest BCUT2D eigenvalue weighted by molar-refractivity contribution is 7.08. The predicted octanol–water partition coefficient (Wildman–Crippen LogP) is 5.06. The third kappa shape index (κ3) is 2.62. The van der Waals surface area contributed by atoms with E-state index >= 15 is 0 Å². The van der Waals surface area contributed by atoms with E-state index in [-0.39, 0.29) is 6.04 Å². The first-order chi connectivity index (χ1) is 12.9. The monoisotopic (exact) mass is 356 g/mol. The molecule has 0 saturated carbocycles. The lowest BCUT2D eigenvalue weighted by Crippen LogP contribution is -2.19. The van der Waals surface area contributed by atoms with Crippen LogP contribution in [0.15, 0.2) is 83.8 Å². The van der Waals surface area contributed by atoms with Gasteiger partial charge in [0.05, 0.1) is 0 Å². The SMILES string of the molecule is C1=C(c2ccc(-c3ccccc3)cc2)Nc2ncnn2[C@@H]1c1ccsc1. The molecule has 1 aliphatic rings. The number of hydrogen-bond acceptors (Lipinski definition) is 4. The van der Waals surface area contributed by atoms with Crippen molar-refractivity contribution < 1.29 is 0 Å². The van der Waals surface area contributed by atoms with Gasteiger partial charge in [-0.15, -0.1) is 0 Å². The summed E-state index contributed by atoms with van der Waals surface area (Å²) < 4.78 is 1.92. The maximum Gasteiger partial charge on any atom is 0.226 e. The summed E-state index contributed by atoms with van der Waals surface area (Å²) in [5.41, 5.74) is 5.85. The molecule has 3 heterocycles. The number of hydrogen-bond donors (Lipinski definition) is 1. The first-order valence-electron chi connectivity index (χ1n) is 8.45. The highest BCUT2D eigenvalue weighted by Crippen LogP contribution is 2.33. The first kappa shape index (κ1) is 15.1. The molecule has 2 aromatic carbocycles. The Morgan fingerprint density at radius 3 is 2.42 bits per heavy atom. The summed E-state index contributed by atoms with van der Waals surface area (Å²) in [7, 11) is 0. The van der Waals surface area contributed by atoms with Gasteiger partial charge >= 0.3 is 0 Å². The second kappa shape index (κ2) is 6.28.